The third-order valence-electron chi connectivity index (χ3n) is 1.16. The summed E-state index contributed by atoms with van der Waals surface area (Å²) in [5.41, 5.74) is 0. The summed E-state index contributed by atoms with van der Waals surface area (Å²) in [5.74, 6) is -0.592. The number of hydrogen-bond donors (Lipinski definition) is 2. The van der Waals surface area contributed by atoms with Crippen molar-refractivity contribution in [2.45, 2.75) is 0 Å². The molecule has 0 aliphatic heterocycles. The molecule has 0 spiro atoms. The van der Waals surface area contributed by atoms with Crippen molar-refractivity contribution in [2.24, 2.45) is 0 Å². The highest BCUT2D eigenvalue weighted by atomic mass is 79.9. The molecule has 0 aliphatic carbocycles. The Kier molecular flexibility index (Phi) is 2.72. The van der Waals surface area contributed by atoms with Crippen molar-refractivity contribution in [2.75, 3.05) is 5.06 Å². The fourth-order valence-electron chi connectivity index (χ4n) is 0.631. The van der Waals surface area contributed by atoms with Crippen LogP contribution in [0, 0.1) is 11.2 Å². The molecule has 0 saturated carbocycles. The summed E-state index contributed by atoms with van der Waals surface area (Å²) in [6, 6.07) is 1.14. The van der Waals surface area contributed by atoms with Crippen LogP contribution < -0.4 is 5.06 Å². The van der Waals surface area contributed by atoms with Gasteiger partial charge in [-0.1, -0.05) is 0 Å². The highest BCUT2D eigenvalue weighted by molar-refractivity contribution is 9.10. The summed E-state index contributed by atoms with van der Waals surface area (Å²) in [5, 5.41) is 16.1. The molecule has 0 fully saturated rings. The van der Waals surface area contributed by atoms with E-state index in [2.05, 4.69) is 20.9 Å². The Hall–Kier alpha value is -1.01. The molecule has 0 amide bonds. The summed E-state index contributed by atoms with van der Waals surface area (Å²) in [6.07, 6.45) is 1.81. The van der Waals surface area contributed by atoms with Crippen molar-refractivity contribution >= 4 is 28.1 Å². The molecule has 1 aromatic rings. The van der Waals surface area contributed by atoms with E-state index in [4.69, 9.17) is 10.6 Å². The monoisotopic (exact) mass is 233 g/mol. The Labute approximate surface area is 76.2 Å². The Balaban J connectivity index is 3.15. The van der Waals surface area contributed by atoms with Crippen LogP contribution in [0.25, 0.3) is 0 Å². The lowest BCUT2D eigenvalue weighted by atomic mass is 10.4. The van der Waals surface area contributed by atoms with Crippen LogP contribution in [-0.2, 0) is 0 Å². The zero-order valence-corrected chi connectivity index (χ0v) is 7.42. The normalized spacial score (nSPS) is 9.58. The van der Waals surface area contributed by atoms with E-state index in [-0.39, 0.29) is 10.3 Å². The van der Waals surface area contributed by atoms with Gasteiger partial charge < -0.3 is 0 Å². The van der Waals surface area contributed by atoms with E-state index < -0.39 is 5.82 Å². The second-order valence-electron chi connectivity index (χ2n) is 1.90. The number of halogens is 2. The number of rotatable bonds is 2. The largest absolute Gasteiger partial charge is 0.289 e. The first-order chi connectivity index (χ1) is 5.66. The number of anilines is 1. The lowest BCUT2D eigenvalue weighted by Crippen LogP contribution is -2.16. The molecule has 4 nitrogen and oxygen atoms in total. The van der Waals surface area contributed by atoms with E-state index in [0.29, 0.717) is 11.4 Å². The number of nitrogens with one attached hydrogen (secondary N) is 1. The summed E-state index contributed by atoms with van der Waals surface area (Å²) in [4.78, 5) is 3.65. The number of pyridine rings is 1. The van der Waals surface area contributed by atoms with Gasteiger partial charge in [0.15, 0.2) is 5.82 Å². The molecule has 1 heterocycles. The minimum absolute atomic E-state index is 0.0241. The lowest BCUT2D eigenvalue weighted by molar-refractivity contribution is 0.311. The second kappa shape index (κ2) is 3.59. The van der Waals surface area contributed by atoms with Crippen molar-refractivity contribution in [3.8, 4) is 0 Å². The van der Waals surface area contributed by atoms with Gasteiger partial charge in [0.1, 0.15) is 12.2 Å². The van der Waals surface area contributed by atoms with E-state index in [1.165, 1.54) is 6.20 Å². The van der Waals surface area contributed by atoms with Crippen LogP contribution in [0.2, 0.25) is 0 Å². The molecule has 0 radical (unpaired) electrons. The number of hydroxylamine groups is 1. The predicted octanol–water partition coefficient (Wildman–Crippen LogP) is 1.79. The molecule has 1 rings (SSSR count). The molecule has 6 heteroatoms. The third kappa shape index (κ3) is 1.59. The fourth-order valence-corrected chi connectivity index (χ4v) is 1.05. The van der Waals surface area contributed by atoms with Crippen molar-refractivity contribution < 1.29 is 9.60 Å². The molecule has 0 aliphatic rings. The number of aromatic nitrogens is 1. The van der Waals surface area contributed by atoms with Gasteiger partial charge in [-0.3, -0.25) is 10.6 Å². The maximum atomic E-state index is 12.8. The second-order valence-corrected chi connectivity index (χ2v) is 2.70. The van der Waals surface area contributed by atoms with Gasteiger partial charge in [-0.2, -0.15) is 5.06 Å². The van der Waals surface area contributed by atoms with Crippen LogP contribution >= 0.6 is 15.9 Å². The Morgan fingerprint density at radius 2 is 2.42 bits per heavy atom. The van der Waals surface area contributed by atoms with Crippen LogP contribution in [-0.4, -0.2) is 16.5 Å². The molecular formula is C6H5BrFN3O. The molecule has 0 saturated heterocycles. The highest BCUT2D eigenvalue weighted by Crippen LogP contribution is 2.24. The quantitative estimate of drug-likeness (QED) is 0.465. The average molecular weight is 234 g/mol. The smallest absolute Gasteiger partial charge is 0.176 e. The van der Waals surface area contributed by atoms with Gasteiger partial charge in [-0.05, 0) is 22.0 Å². The van der Waals surface area contributed by atoms with Gasteiger partial charge in [-0.15, -0.1) is 0 Å². The molecular weight excluding hydrogens is 229 g/mol. The van der Waals surface area contributed by atoms with Gasteiger partial charge >= 0.3 is 0 Å². The molecule has 64 valence electrons. The Morgan fingerprint density at radius 3 is 3.00 bits per heavy atom. The summed E-state index contributed by atoms with van der Waals surface area (Å²) >= 11 is 2.88. The molecule has 0 aromatic carbocycles. The predicted molar refractivity (Wildman–Crippen MR) is 44.9 cm³/mol. The average Bonchev–Trinajstić information content (AvgIpc) is 2.08. The highest BCUT2D eigenvalue weighted by Gasteiger charge is 2.10. The van der Waals surface area contributed by atoms with Crippen molar-refractivity contribution in [1.82, 2.24) is 4.98 Å². The zero-order valence-electron chi connectivity index (χ0n) is 5.83. The fraction of sp³-hybridized carbons (Fsp3) is 0. The van der Waals surface area contributed by atoms with E-state index in [1.807, 2.05) is 0 Å². The maximum absolute atomic E-state index is 12.8. The zero-order chi connectivity index (χ0) is 9.14. The van der Waals surface area contributed by atoms with E-state index in [1.54, 1.807) is 0 Å². The van der Waals surface area contributed by atoms with E-state index in [9.17, 15) is 4.39 Å². The first-order valence-electron chi connectivity index (χ1n) is 2.95. The molecule has 0 atom stereocenters. The summed E-state index contributed by atoms with van der Waals surface area (Å²) < 4.78 is 12.8. The molecule has 12 heavy (non-hydrogen) atoms. The maximum Gasteiger partial charge on any atom is 0.176 e. The van der Waals surface area contributed by atoms with Gasteiger partial charge in [0, 0.05) is 6.20 Å². The Bertz CT molecular complexity index is 307. The standard InChI is InChI=1S/C6H5BrFN3O/c7-5-4(8)1-2-10-6(5)11(12)3-9/h1-3,9,12H. The van der Waals surface area contributed by atoms with Crippen LogP contribution in [0.4, 0.5) is 10.2 Å². The van der Waals surface area contributed by atoms with Crippen molar-refractivity contribution in [3.63, 3.8) is 0 Å². The third-order valence-corrected chi connectivity index (χ3v) is 1.90. The van der Waals surface area contributed by atoms with Crippen molar-refractivity contribution in [1.29, 1.82) is 5.41 Å². The van der Waals surface area contributed by atoms with Gasteiger partial charge in [0.05, 0.1) is 4.47 Å². The SMILES string of the molecule is N=CN(O)c1nccc(F)c1Br. The minimum atomic E-state index is -0.541. The molecule has 0 bridgehead atoms. The van der Waals surface area contributed by atoms with Crippen molar-refractivity contribution in [3.05, 3.63) is 22.6 Å². The van der Waals surface area contributed by atoms with E-state index >= 15 is 0 Å². The molecule has 1 aromatic heterocycles. The molecule has 0 unspecified atom stereocenters. The van der Waals surface area contributed by atoms with Crippen LogP contribution in [0.15, 0.2) is 16.7 Å². The molecule has 2 N–H and O–H groups in total. The van der Waals surface area contributed by atoms with Crippen LogP contribution in [0.1, 0.15) is 0 Å². The topological polar surface area (TPSA) is 60.2 Å². The summed E-state index contributed by atoms with van der Waals surface area (Å²) in [6.45, 7) is 0. The first kappa shape index (κ1) is 9.08. The first-order valence-corrected chi connectivity index (χ1v) is 3.75. The minimum Gasteiger partial charge on any atom is -0.289 e. The Morgan fingerprint density at radius 1 is 1.75 bits per heavy atom. The van der Waals surface area contributed by atoms with Crippen LogP contribution in [0.5, 0.6) is 0 Å². The van der Waals surface area contributed by atoms with Gasteiger partial charge in [-0.25, -0.2) is 9.37 Å². The van der Waals surface area contributed by atoms with E-state index in [0.717, 1.165) is 6.07 Å². The van der Waals surface area contributed by atoms with Gasteiger partial charge in [0.25, 0.3) is 0 Å². The van der Waals surface area contributed by atoms with Crippen LogP contribution in [0.3, 0.4) is 0 Å². The summed E-state index contributed by atoms with van der Waals surface area (Å²) in [7, 11) is 0. The number of nitrogens with zero attached hydrogens (tertiary/aromatic N) is 2. The van der Waals surface area contributed by atoms with Gasteiger partial charge in [0.2, 0.25) is 0 Å². The number of hydrogen-bond acceptors (Lipinski definition) is 3. The lowest BCUT2D eigenvalue weighted by Gasteiger charge is -2.10.